The summed E-state index contributed by atoms with van der Waals surface area (Å²) < 4.78 is 0. The highest BCUT2D eigenvalue weighted by Gasteiger charge is 2.03. The van der Waals surface area contributed by atoms with Crippen LogP contribution < -0.4 is 0 Å². The fourth-order valence-corrected chi connectivity index (χ4v) is 0.869. The van der Waals surface area contributed by atoms with Gasteiger partial charge >= 0.3 is 5.17 Å². The van der Waals surface area contributed by atoms with Crippen LogP contribution in [0.3, 0.4) is 0 Å². The SMILES string of the molecule is CCCN(CC)C([O])=S. The monoisotopic (exact) mass is 146 g/mol. The molecule has 0 rings (SSSR count). The van der Waals surface area contributed by atoms with Crippen LogP contribution in [0, 0.1) is 0 Å². The maximum atomic E-state index is 10.5. The van der Waals surface area contributed by atoms with E-state index in [1.165, 1.54) is 0 Å². The maximum Gasteiger partial charge on any atom is 0.313 e. The first-order valence-electron chi connectivity index (χ1n) is 3.18. The Morgan fingerprint density at radius 2 is 2.11 bits per heavy atom. The van der Waals surface area contributed by atoms with Crippen molar-refractivity contribution in [2.24, 2.45) is 0 Å². The van der Waals surface area contributed by atoms with Crippen LogP contribution in [0.1, 0.15) is 20.3 Å². The zero-order valence-corrected chi connectivity index (χ0v) is 6.70. The second kappa shape index (κ2) is 4.56. The van der Waals surface area contributed by atoms with Gasteiger partial charge in [0.25, 0.3) is 0 Å². The van der Waals surface area contributed by atoms with E-state index in [0.717, 1.165) is 19.5 Å². The Bertz CT molecular complexity index is 95.1. The lowest BCUT2D eigenvalue weighted by Crippen LogP contribution is -2.28. The van der Waals surface area contributed by atoms with E-state index in [4.69, 9.17) is 0 Å². The van der Waals surface area contributed by atoms with Gasteiger partial charge in [0.15, 0.2) is 0 Å². The average molecular weight is 146 g/mol. The van der Waals surface area contributed by atoms with E-state index in [2.05, 4.69) is 12.2 Å². The summed E-state index contributed by atoms with van der Waals surface area (Å²) in [5.74, 6) is 0. The fourth-order valence-electron chi connectivity index (χ4n) is 0.648. The largest absolute Gasteiger partial charge is 0.330 e. The predicted octanol–water partition coefficient (Wildman–Crippen LogP) is 1.43. The minimum Gasteiger partial charge on any atom is -0.330 e. The minimum atomic E-state index is -0.237. The molecular weight excluding hydrogens is 134 g/mol. The molecule has 0 heterocycles. The Morgan fingerprint density at radius 1 is 1.56 bits per heavy atom. The van der Waals surface area contributed by atoms with Crippen LogP contribution in [0.25, 0.3) is 0 Å². The highest BCUT2D eigenvalue weighted by atomic mass is 32.1. The summed E-state index contributed by atoms with van der Waals surface area (Å²) in [7, 11) is 0. The van der Waals surface area contributed by atoms with E-state index in [1.807, 2.05) is 13.8 Å². The normalized spacial score (nSPS) is 9.11. The van der Waals surface area contributed by atoms with Gasteiger partial charge in [0.1, 0.15) is 0 Å². The van der Waals surface area contributed by atoms with E-state index in [9.17, 15) is 5.11 Å². The van der Waals surface area contributed by atoms with Gasteiger partial charge in [-0.15, -0.1) is 0 Å². The summed E-state index contributed by atoms with van der Waals surface area (Å²) in [4.78, 5) is 1.65. The molecule has 0 unspecified atom stereocenters. The molecule has 2 nitrogen and oxygen atoms in total. The molecule has 3 heteroatoms. The molecule has 0 bridgehead atoms. The van der Waals surface area contributed by atoms with Gasteiger partial charge in [0, 0.05) is 13.1 Å². The second-order valence-corrected chi connectivity index (χ2v) is 2.19. The summed E-state index contributed by atoms with van der Waals surface area (Å²) in [6.45, 7) is 5.48. The van der Waals surface area contributed by atoms with Crippen LogP contribution in [0.5, 0.6) is 0 Å². The van der Waals surface area contributed by atoms with Gasteiger partial charge in [-0.05, 0) is 25.6 Å². The summed E-state index contributed by atoms with van der Waals surface area (Å²) in [5, 5.41) is 10.3. The van der Waals surface area contributed by atoms with E-state index >= 15 is 0 Å². The van der Waals surface area contributed by atoms with E-state index in [-0.39, 0.29) is 5.17 Å². The Hall–Kier alpha value is -0.310. The molecule has 0 aliphatic rings. The lowest BCUT2D eigenvalue weighted by molar-refractivity contribution is 0.306. The number of rotatable bonds is 3. The van der Waals surface area contributed by atoms with Crippen molar-refractivity contribution in [1.82, 2.24) is 4.90 Å². The highest BCUT2D eigenvalue weighted by Crippen LogP contribution is 1.91. The molecule has 0 aromatic carbocycles. The third-order valence-corrected chi connectivity index (χ3v) is 1.39. The number of thiocarbonyl (C=S) groups is 1. The third kappa shape index (κ3) is 3.30. The van der Waals surface area contributed by atoms with Gasteiger partial charge in [0.2, 0.25) is 0 Å². The topological polar surface area (TPSA) is 23.1 Å². The lowest BCUT2D eigenvalue weighted by atomic mass is 10.4. The Labute approximate surface area is 61.5 Å². The summed E-state index contributed by atoms with van der Waals surface area (Å²) >= 11 is 4.45. The van der Waals surface area contributed by atoms with Crippen LogP contribution in [-0.4, -0.2) is 23.2 Å². The first-order chi connectivity index (χ1) is 4.22. The molecule has 0 amide bonds. The Balaban J connectivity index is 3.54. The van der Waals surface area contributed by atoms with Crippen molar-refractivity contribution in [1.29, 1.82) is 0 Å². The predicted molar refractivity (Wildman–Crippen MR) is 40.8 cm³/mol. The Kier molecular flexibility index (Phi) is 4.40. The molecule has 0 aromatic rings. The van der Waals surface area contributed by atoms with Crippen molar-refractivity contribution in [3.8, 4) is 0 Å². The first kappa shape index (κ1) is 8.69. The standard InChI is InChI=1S/C6H12NOS/c1-3-5-7(4-2)6(8)9/h3-5H2,1-2H3. The van der Waals surface area contributed by atoms with Gasteiger partial charge in [-0.2, -0.15) is 0 Å². The van der Waals surface area contributed by atoms with Crippen LogP contribution in [-0.2, 0) is 5.11 Å². The molecular formula is C6H12NOS. The summed E-state index contributed by atoms with van der Waals surface area (Å²) in [6, 6.07) is 0. The van der Waals surface area contributed by atoms with Crippen LogP contribution in [0.4, 0.5) is 0 Å². The van der Waals surface area contributed by atoms with Crippen molar-refractivity contribution < 1.29 is 5.11 Å². The smallest absolute Gasteiger partial charge is 0.313 e. The molecule has 0 aliphatic carbocycles. The van der Waals surface area contributed by atoms with Gasteiger partial charge in [0.05, 0.1) is 0 Å². The second-order valence-electron chi connectivity index (χ2n) is 1.85. The molecule has 9 heavy (non-hydrogen) atoms. The highest BCUT2D eigenvalue weighted by molar-refractivity contribution is 7.79. The zero-order valence-electron chi connectivity index (χ0n) is 5.89. The van der Waals surface area contributed by atoms with Crippen molar-refractivity contribution in [3.63, 3.8) is 0 Å². The average Bonchev–Trinajstić information content (AvgIpc) is 1.82. The van der Waals surface area contributed by atoms with E-state index in [1.54, 1.807) is 4.90 Å². The molecule has 0 saturated heterocycles. The molecule has 0 aromatic heterocycles. The van der Waals surface area contributed by atoms with Crippen molar-refractivity contribution in [3.05, 3.63) is 0 Å². The van der Waals surface area contributed by atoms with Crippen molar-refractivity contribution in [2.75, 3.05) is 13.1 Å². The van der Waals surface area contributed by atoms with Crippen molar-refractivity contribution >= 4 is 17.4 Å². The molecule has 0 fully saturated rings. The van der Waals surface area contributed by atoms with E-state index in [0.29, 0.717) is 0 Å². The molecule has 0 aliphatic heterocycles. The first-order valence-corrected chi connectivity index (χ1v) is 3.59. The van der Waals surface area contributed by atoms with Gasteiger partial charge in [-0.3, -0.25) is 5.11 Å². The minimum absolute atomic E-state index is 0.237. The van der Waals surface area contributed by atoms with Crippen LogP contribution in [0.2, 0.25) is 0 Å². The number of hydrogen-bond acceptors (Lipinski definition) is 1. The van der Waals surface area contributed by atoms with Gasteiger partial charge < -0.3 is 4.90 Å². The summed E-state index contributed by atoms with van der Waals surface area (Å²) in [5.41, 5.74) is 0. The lowest BCUT2D eigenvalue weighted by Gasteiger charge is -2.15. The van der Waals surface area contributed by atoms with E-state index < -0.39 is 0 Å². The fraction of sp³-hybridized carbons (Fsp3) is 0.833. The maximum absolute atomic E-state index is 10.5. The molecule has 0 atom stereocenters. The zero-order chi connectivity index (χ0) is 7.28. The Morgan fingerprint density at radius 3 is 2.22 bits per heavy atom. The number of hydrogen-bond donors (Lipinski definition) is 0. The molecule has 0 spiro atoms. The quantitative estimate of drug-likeness (QED) is 0.562. The van der Waals surface area contributed by atoms with Crippen molar-refractivity contribution in [2.45, 2.75) is 20.3 Å². The summed E-state index contributed by atoms with van der Waals surface area (Å²) in [6.07, 6.45) is 0.982. The van der Waals surface area contributed by atoms with Gasteiger partial charge in [-0.1, -0.05) is 6.92 Å². The van der Waals surface area contributed by atoms with Crippen LogP contribution in [0.15, 0.2) is 0 Å². The number of nitrogens with zero attached hydrogens (tertiary/aromatic N) is 1. The molecule has 53 valence electrons. The van der Waals surface area contributed by atoms with Crippen LogP contribution >= 0.6 is 12.2 Å². The molecule has 1 radical (unpaired) electrons. The van der Waals surface area contributed by atoms with Gasteiger partial charge in [-0.25, -0.2) is 0 Å². The molecule has 0 N–H and O–H groups in total. The molecule has 0 saturated carbocycles. The third-order valence-electron chi connectivity index (χ3n) is 1.13.